The van der Waals surface area contributed by atoms with Crippen molar-refractivity contribution < 1.29 is 18.7 Å². The number of nitrogens with one attached hydrogen (secondary N) is 1. The molecule has 126 valence electrons. The summed E-state index contributed by atoms with van der Waals surface area (Å²) >= 11 is 0. The van der Waals surface area contributed by atoms with E-state index in [0.717, 1.165) is 5.56 Å². The third kappa shape index (κ3) is 3.72. The number of nitrogens with zero attached hydrogens (tertiary/aromatic N) is 1. The van der Waals surface area contributed by atoms with Gasteiger partial charge in [-0.05, 0) is 19.1 Å². The summed E-state index contributed by atoms with van der Waals surface area (Å²) < 4.78 is 10.5. The lowest BCUT2D eigenvalue weighted by Crippen LogP contribution is -2.56. The van der Waals surface area contributed by atoms with Crippen LogP contribution in [-0.4, -0.2) is 49.1 Å². The van der Waals surface area contributed by atoms with Gasteiger partial charge in [0.05, 0.1) is 19.5 Å². The zero-order valence-corrected chi connectivity index (χ0v) is 13.5. The smallest absolute Gasteiger partial charge is 0.288 e. The van der Waals surface area contributed by atoms with E-state index in [1.807, 2.05) is 24.0 Å². The van der Waals surface area contributed by atoms with E-state index in [1.54, 1.807) is 24.3 Å². The van der Waals surface area contributed by atoms with Crippen LogP contribution < -0.4 is 5.32 Å². The number of hydrogen-bond donors (Lipinski definition) is 1. The van der Waals surface area contributed by atoms with Gasteiger partial charge in [0, 0.05) is 18.7 Å². The van der Waals surface area contributed by atoms with Crippen molar-refractivity contribution in [2.45, 2.75) is 13.1 Å². The molecule has 1 fully saturated rings. The van der Waals surface area contributed by atoms with E-state index in [0.29, 0.717) is 31.9 Å². The minimum atomic E-state index is -0.741. The fraction of sp³-hybridized carbons (Fsp3) is 0.333. The minimum Gasteiger partial charge on any atom is -0.459 e. The predicted octanol–water partition coefficient (Wildman–Crippen LogP) is 1.86. The number of ether oxygens (including phenoxy) is 1. The summed E-state index contributed by atoms with van der Waals surface area (Å²) in [6.45, 7) is 4.20. The lowest BCUT2D eigenvalue weighted by atomic mass is 10.1. The Bertz CT molecular complexity index is 688. The Morgan fingerprint density at radius 2 is 1.83 bits per heavy atom. The lowest BCUT2D eigenvalue weighted by Gasteiger charge is -2.33. The number of rotatable bonds is 5. The van der Waals surface area contributed by atoms with Crippen molar-refractivity contribution in [1.82, 2.24) is 10.2 Å². The van der Waals surface area contributed by atoms with Crippen LogP contribution in [0.1, 0.15) is 26.5 Å². The molecule has 1 unspecified atom stereocenters. The summed E-state index contributed by atoms with van der Waals surface area (Å²) in [6.07, 6.45) is 0.690. The number of ketones is 1. The fourth-order valence-electron chi connectivity index (χ4n) is 2.64. The highest BCUT2D eigenvalue weighted by atomic mass is 16.5. The average Bonchev–Trinajstić information content (AvgIpc) is 3.15. The van der Waals surface area contributed by atoms with Gasteiger partial charge in [-0.25, -0.2) is 0 Å². The van der Waals surface area contributed by atoms with Gasteiger partial charge in [-0.2, -0.15) is 0 Å². The van der Waals surface area contributed by atoms with Crippen LogP contribution in [0.25, 0.3) is 0 Å². The zero-order valence-electron chi connectivity index (χ0n) is 13.5. The number of amides is 1. The normalized spacial score (nSPS) is 16.5. The van der Waals surface area contributed by atoms with E-state index in [1.165, 1.54) is 6.26 Å². The van der Waals surface area contributed by atoms with Crippen LogP contribution >= 0.6 is 0 Å². The number of morpholine rings is 1. The van der Waals surface area contributed by atoms with E-state index in [4.69, 9.17) is 9.15 Å². The Morgan fingerprint density at radius 1 is 1.12 bits per heavy atom. The van der Waals surface area contributed by atoms with Crippen LogP contribution in [0.5, 0.6) is 0 Å². The molecule has 2 heterocycles. The topological polar surface area (TPSA) is 71.8 Å². The number of furan rings is 1. The standard InChI is InChI=1S/C18H20N2O4/c1-13-4-6-14(7-5-13)16(21)17(20-8-11-23-12-9-20)19-18(22)15-3-2-10-24-15/h2-7,10,17H,8-9,11-12H2,1H3,(H,19,22). The van der Waals surface area contributed by atoms with Gasteiger partial charge in [0.15, 0.2) is 11.5 Å². The molecule has 0 aliphatic carbocycles. The van der Waals surface area contributed by atoms with E-state index in [-0.39, 0.29) is 11.5 Å². The first-order valence-electron chi connectivity index (χ1n) is 7.92. The summed E-state index contributed by atoms with van der Waals surface area (Å²) in [5.74, 6) is -0.362. The third-order valence-corrected chi connectivity index (χ3v) is 4.01. The highest BCUT2D eigenvalue weighted by Gasteiger charge is 2.30. The molecule has 0 saturated carbocycles. The van der Waals surface area contributed by atoms with Gasteiger partial charge in [-0.1, -0.05) is 29.8 Å². The van der Waals surface area contributed by atoms with E-state index >= 15 is 0 Å². The molecule has 6 heteroatoms. The molecule has 2 aromatic rings. The number of carbonyl (C=O) groups excluding carboxylic acids is 2. The van der Waals surface area contributed by atoms with Crippen molar-refractivity contribution in [3.05, 3.63) is 59.5 Å². The van der Waals surface area contributed by atoms with E-state index in [9.17, 15) is 9.59 Å². The summed E-state index contributed by atoms with van der Waals surface area (Å²) in [4.78, 5) is 27.2. The van der Waals surface area contributed by atoms with Crippen molar-refractivity contribution in [2.75, 3.05) is 26.3 Å². The number of carbonyl (C=O) groups is 2. The monoisotopic (exact) mass is 328 g/mol. The van der Waals surface area contributed by atoms with Gasteiger partial charge in [0.1, 0.15) is 6.17 Å². The maximum atomic E-state index is 12.9. The highest BCUT2D eigenvalue weighted by molar-refractivity contribution is 6.03. The first kappa shape index (κ1) is 16.4. The largest absolute Gasteiger partial charge is 0.459 e. The molecule has 1 N–H and O–H groups in total. The Morgan fingerprint density at radius 3 is 2.46 bits per heavy atom. The average molecular weight is 328 g/mol. The molecular formula is C18H20N2O4. The molecule has 1 saturated heterocycles. The summed E-state index contributed by atoms with van der Waals surface area (Å²) in [7, 11) is 0. The Hall–Kier alpha value is -2.44. The highest BCUT2D eigenvalue weighted by Crippen LogP contribution is 2.12. The zero-order chi connectivity index (χ0) is 16.9. The number of hydrogen-bond acceptors (Lipinski definition) is 5. The molecule has 0 radical (unpaired) electrons. The molecule has 24 heavy (non-hydrogen) atoms. The Kier molecular flexibility index (Phi) is 5.08. The van der Waals surface area contributed by atoms with Crippen LogP contribution in [0.3, 0.4) is 0 Å². The van der Waals surface area contributed by atoms with Crippen molar-refractivity contribution in [3.8, 4) is 0 Å². The van der Waals surface area contributed by atoms with Gasteiger partial charge in [0.25, 0.3) is 5.91 Å². The summed E-state index contributed by atoms with van der Waals surface area (Å²) in [5.41, 5.74) is 1.64. The molecule has 1 aromatic heterocycles. The fourth-order valence-corrected chi connectivity index (χ4v) is 2.64. The van der Waals surface area contributed by atoms with Crippen LogP contribution in [0.2, 0.25) is 0 Å². The molecule has 1 aromatic carbocycles. The Labute approximate surface area is 140 Å². The molecule has 1 atom stereocenters. The van der Waals surface area contributed by atoms with Crippen LogP contribution in [-0.2, 0) is 4.74 Å². The molecule has 0 bridgehead atoms. The quantitative estimate of drug-likeness (QED) is 0.848. The number of Topliss-reactive ketones (excluding diaryl/α,β-unsaturated/α-hetero) is 1. The van der Waals surface area contributed by atoms with Crippen molar-refractivity contribution in [2.24, 2.45) is 0 Å². The Balaban J connectivity index is 1.82. The van der Waals surface area contributed by atoms with E-state index < -0.39 is 12.1 Å². The van der Waals surface area contributed by atoms with Crippen LogP contribution in [0.15, 0.2) is 47.1 Å². The molecular weight excluding hydrogens is 308 g/mol. The van der Waals surface area contributed by atoms with E-state index in [2.05, 4.69) is 5.32 Å². The minimum absolute atomic E-state index is 0.142. The SMILES string of the molecule is Cc1ccc(C(=O)C(NC(=O)c2ccco2)N2CCOCC2)cc1. The second kappa shape index (κ2) is 7.42. The van der Waals surface area contributed by atoms with Gasteiger partial charge < -0.3 is 14.5 Å². The molecule has 1 amide bonds. The first-order chi connectivity index (χ1) is 11.6. The van der Waals surface area contributed by atoms with Crippen molar-refractivity contribution in [3.63, 3.8) is 0 Å². The predicted molar refractivity (Wildman–Crippen MR) is 87.9 cm³/mol. The van der Waals surface area contributed by atoms with Crippen LogP contribution in [0.4, 0.5) is 0 Å². The third-order valence-electron chi connectivity index (χ3n) is 4.01. The molecule has 1 aliphatic heterocycles. The molecule has 0 spiro atoms. The maximum Gasteiger partial charge on any atom is 0.288 e. The van der Waals surface area contributed by atoms with Crippen LogP contribution in [0, 0.1) is 6.92 Å². The van der Waals surface area contributed by atoms with Gasteiger partial charge in [0.2, 0.25) is 0 Å². The number of benzene rings is 1. The summed E-state index contributed by atoms with van der Waals surface area (Å²) in [6, 6.07) is 10.5. The maximum absolute atomic E-state index is 12.9. The molecule has 3 rings (SSSR count). The molecule has 1 aliphatic rings. The van der Waals surface area contributed by atoms with Gasteiger partial charge >= 0.3 is 0 Å². The second-order valence-corrected chi connectivity index (χ2v) is 5.73. The van der Waals surface area contributed by atoms with Crippen molar-refractivity contribution >= 4 is 11.7 Å². The second-order valence-electron chi connectivity index (χ2n) is 5.73. The number of aryl methyl sites for hydroxylation is 1. The summed E-state index contributed by atoms with van der Waals surface area (Å²) in [5, 5.41) is 2.79. The lowest BCUT2D eigenvalue weighted by molar-refractivity contribution is 0.0108. The van der Waals surface area contributed by atoms with Gasteiger partial charge in [-0.15, -0.1) is 0 Å². The van der Waals surface area contributed by atoms with Gasteiger partial charge in [-0.3, -0.25) is 14.5 Å². The molecule has 6 nitrogen and oxygen atoms in total. The van der Waals surface area contributed by atoms with Crippen molar-refractivity contribution in [1.29, 1.82) is 0 Å². The first-order valence-corrected chi connectivity index (χ1v) is 7.92.